The fraction of sp³-hybridized carbons (Fsp3) is 0.909. The molecule has 0 radical (unpaired) electrons. The number of hydrogen-bond donors (Lipinski definition) is 1. The zero-order chi connectivity index (χ0) is 12.8. The SMILES string of the molecule is CCC1(CS(N)(=O)=O)C(=O)CC(C)C1(C)C. The van der Waals surface area contributed by atoms with Gasteiger partial charge in [-0.2, -0.15) is 0 Å². The first kappa shape index (κ1) is 13.6. The number of carbonyl (C=O) groups is 1. The second-order valence-corrected chi connectivity index (χ2v) is 7.11. The molecule has 0 heterocycles. The number of ketones is 1. The van der Waals surface area contributed by atoms with E-state index in [2.05, 4.69) is 0 Å². The quantitative estimate of drug-likeness (QED) is 0.816. The number of rotatable bonds is 3. The van der Waals surface area contributed by atoms with Gasteiger partial charge in [-0.25, -0.2) is 13.6 Å². The van der Waals surface area contributed by atoms with Gasteiger partial charge in [0.2, 0.25) is 10.0 Å². The van der Waals surface area contributed by atoms with E-state index in [4.69, 9.17) is 5.14 Å². The standard InChI is InChI=1S/C11H21NO3S/c1-5-11(7-16(12,14)15)9(13)6-8(2)10(11,3)4/h8H,5-7H2,1-4H3,(H2,12,14,15). The Kier molecular flexibility index (Phi) is 3.25. The van der Waals surface area contributed by atoms with E-state index < -0.39 is 15.4 Å². The van der Waals surface area contributed by atoms with Crippen LogP contribution in [0, 0.1) is 16.7 Å². The van der Waals surface area contributed by atoms with Gasteiger partial charge >= 0.3 is 0 Å². The molecule has 0 aromatic carbocycles. The van der Waals surface area contributed by atoms with Crippen molar-refractivity contribution in [3.05, 3.63) is 0 Å². The summed E-state index contributed by atoms with van der Waals surface area (Å²) in [6.07, 6.45) is 0.982. The fourth-order valence-corrected chi connectivity index (χ4v) is 4.35. The lowest BCUT2D eigenvalue weighted by Gasteiger charge is -2.41. The molecule has 0 bridgehead atoms. The number of Topliss-reactive ketones (excluding diaryl/α,β-unsaturated/α-hetero) is 1. The topological polar surface area (TPSA) is 77.2 Å². The van der Waals surface area contributed by atoms with E-state index in [0.29, 0.717) is 12.8 Å². The molecule has 4 nitrogen and oxygen atoms in total. The summed E-state index contributed by atoms with van der Waals surface area (Å²) in [6.45, 7) is 7.80. The van der Waals surface area contributed by atoms with Gasteiger partial charge in [-0.05, 0) is 17.8 Å². The minimum atomic E-state index is -3.63. The highest BCUT2D eigenvalue weighted by Crippen LogP contribution is 2.55. The Labute approximate surface area is 97.6 Å². The third kappa shape index (κ3) is 1.91. The van der Waals surface area contributed by atoms with Crippen molar-refractivity contribution < 1.29 is 13.2 Å². The fourth-order valence-electron chi connectivity index (χ4n) is 2.92. The van der Waals surface area contributed by atoms with Gasteiger partial charge in [-0.15, -0.1) is 0 Å². The lowest BCUT2D eigenvalue weighted by molar-refractivity contribution is -0.128. The van der Waals surface area contributed by atoms with Crippen LogP contribution in [0.2, 0.25) is 0 Å². The summed E-state index contributed by atoms with van der Waals surface area (Å²) >= 11 is 0. The maximum absolute atomic E-state index is 12.1. The monoisotopic (exact) mass is 247 g/mol. The largest absolute Gasteiger partial charge is 0.299 e. The van der Waals surface area contributed by atoms with Gasteiger partial charge in [0.1, 0.15) is 5.78 Å². The van der Waals surface area contributed by atoms with E-state index in [-0.39, 0.29) is 22.9 Å². The van der Waals surface area contributed by atoms with E-state index >= 15 is 0 Å². The van der Waals surface area contributed by atoms with Crippen molar-refractivity contribution in [3.8, 4) is 0 Å². The molecule has 1 aliphatic rings. The molecule has 2 unspecified atom stereocenters. The number of sulfonamides is 1. The van der Waals surface area contributed by atoms with Gasteiger partial charge in [0.15, 0.2) is 0 Å². The first-order valence-electron chi connectivity index (χ1n) is 5.60. The van der Waals surface area contributed by atoms with Crippen LogP contribution in [-0.2, 0) is 14.8 Å². The van der Waals surface area contributed by atoms with Crippen molar-refractivity contribution in [2.24, 2.45) is 21.9 Å². The van der Waals surface area contributed by atoms with Crippen LogP contribution in [-0.4, -0.2) is 20.0 Å². The molecular formula is C11H21NO3S. The summed E-state index contributed by atoms with van der Waals surface area (Å²) in [5.41, 5.74) is -1.12. The Morgan fingerprint density at radius 2 is 1.94 bits per heavy atom. The van der Waals surface area contributed by atoms with Crippen molar-refractivity contribution in [1.29, 1.82) is 0 Å². The van der Waals surface area contributed by atoms with Gasteiger partial charge in [-0.3, -0.25) is 4.79 Å². The number of carbonyl (C=O) groups excluding carboxylic acids is 1. The normalized spacial score (nSPS) is 34.3. The first-order chi connectivity index (χ1) is 7.07. The highest BCUT2D eigenvalue weighted by molar-refractivity contribution is 7.89. The lowest BCUT2D eigenvalue weighted by Crippen LogP contribution is -2.46. The Hall–Kier alpha value is -0.420. The molecule has 0 aromatic heterocycles. The number of primary sulfonamides is 1. The zero-order valence-electron chi connectivity index (χ0n) is 10.4. The van der Waals surface area contributed by atoms with Crippen LogP contribution < -0.4 is 5.14 Å². The van der Waals surface area contributed by atoms with Crippen LogP contribution in [0.25, 0.3) is 0 Å². The third-order valence-electron chi connectivity index (χ3n) is 4.54. The van der Waals surface area contributed by atoms with Crippen molar-refractivity contribution in [1.82, 2.24) is 0 Å². The predicted octanol–water partition coefficient (Wildman–Crippen LogP) is 1.31. The summed E-state index contributed by atoms with van der Waals surface area (Å²) in [4.78, 5) is 12.1. The summed E-state index contributed by atoms with van der Waals surface area (Å²) in [5, 5.41) is 5.12. The molecule has 1 aliphatic carbocycles. The Bertz CT molecular complexity index is 399. The summed E-state index contributed by atoms with van der Waals surface area (Å²) < 4.78 is 22.6. The van der Waals surface area contributed by atoms with Crippen LogP contribution in [0.15, 0.2) is 0 Å². The Balaban J connectivity index is 3.26. The maximum Gasteiger partial charge on any atom is 0.210 e. The molecule has 0 aliphatic heterocycles. The van der Waals surface area contributed by atoms with Crippen LogP contribution >= 0.6 is 0 Å². The average Bonchev–Trinajstić information content (AvgIpc) is 2.25. The summed E-state index contributed by atoms with van der Waals surface area (Å²) in [5.74, 6) is 0.00961. The molecule has 1 fully saturated rings. The van der Waals surface area contributed by atoms with E-state index in [1.165, 1.54) is 0 Å². The molecule has 94 valence electrons. The third-order valence-corrected chi connectivity index (χ3v) is 5.44. The van der Waals surface area contributed by atoms with E-state index in [1.54, 1.807) is 0 Å². The zero-order valence-corrected chi connectivity index (χ0v) is 11.2. The first-order valence-corrected chi connectivity index (χ1v) is 7.32. The van der Waals surface area contributed by atoms with Crippen LogP contribution in [0.1, 0.15) is 40.5 Å². The second kappa shape index (κ2) is 3.81. The summed E-state index contributed by atoms with van der Waals surface area (Å²) in [6, 6.07) is 0. The Morgan fingerprint density at radius 3 is 2.19 bits per heavy atom. The van der Waals surface area contributed by atoms with Gasteiger partial charge in [0, 0.05) is 11.8 Å². The lowest BCUT2D eigenvalue weighted by atomic mass is 9.64. The highest BCUT2D eigenvalue weighted by atomic mass is 32.2. The van der Waals surface area contributed by atoms with Crippen molar-refractivity contribution >= 4 is 15.8 Å². The molecule has 0 aromatic rings. The minimum Gasteiger partial charge on any atom is -0.299 e. The van der Waals surface area contributed by atoms with Crippen LogP contribution in [0.4, 0.5) is 0 Å². The maximum atomic E-state index is 12.1. The molecule has 0 saturated heterocycles. The summed E-state index contributed by atoms with van der Waals surface area (Å²) in [7, 11) is -3.63. The molecule has 2 atom stereocenters. The second-order valence-electron chi connectivity index (χ2n) is 5.49. The van der Waals surface area contributed by atoms with Gasteiger partial charge < -0.3 is 0 Å². The van der Waals surface area contributed by atoms with Crippen molar-refractivity contribution in [2.45, 2.75) is 40.5 Å². The number of nitrogens with two attached hydrogens (primary N) is 1. The van der Waals surface area contributed by atoms with E-state index in [0.717, 1.165) is 0 Å². The van der Waals surface area contributed by atoms with Gasteiger partial charge in [-0.1, -0.05) is 27.7 Å². The Morgan fingerprint density at radius 1 is 1.44 bits per heavy atom. The van der Waals surface area contributed by atoms with Crippen LogP contribution in [0.3, 0.4) is 0 Å². The molecule has 2 N–H and O–H groups in total. The molecule has 1 saturated carbocycles. The minimum absolute atomic E-state index is 0.0431. The van der Waals surface area contributed by atoms with E-state index in [9.17, 15) is 13.2 Å². The molecule has 0 amide bonds. The van der Waals surface area contributed by atoms with Crippen LogP contribution in [0.5, 0.6) is 0 Å². The molecule has 0 spiro atoms. The number of hydrogen-bond acceptors (Lipinski definition) is 3. The average molecular weight is 247 g/mol. The molecular weight excluding hydrogens is 226 g/mol. The smallest absolute Gasteiger partial charge is 0.210 e. The highest BCUT2D eigenvalue weighted by Gasteiger charge is 2.58. The van der Waals surface area contributed by atoms with Crippen molar-refractivity contribution in [2.75, 3.05) is 5.75 Å². The molecule has 5 heteroatoms. The molecule has 16 heavy (non-hydrogen) atoms. The van der Waals surface area contributed by atoms with Gasteiger partial charge in [0.05, 0.1) is 5.75 Å². The van der Waals surface area contributed by atoms with E-state index in [1.807, 2.05) is 27.7 Å². The van der Waals surface area contributed by atoms with Crippen molar-refractivity contribution in [3.63, 3.8) is 0 Å². The predicted molar refractivity (Wildman–Crippen MR) is 63.3 cm³/mol. The van der Waals surface area contributed by atoms with Gasteiger partial charge in [0.25, 0.3) is 0 Å². The molecule has 1 rings (SSSR count).